The minimum absolute atomic E-state index is 0.618. The summed E-state index contributed by atoms with van der Waals surface area (Å²) in [7, 11) is 0. The minimum Gasteiger partial charge on any atom is -0.399 e. The van der Waals surface area contributed by atoms with Gasteiger partial charge in [-0.25, -0.2) is 0 Å². The first-order chi connectivity index (χ1) is 7.22. The number of anilines is 1. The Morgan fingerprint density at radius 3 is 2.93 bits per heavy atom. The predicted octanol–water partition coefficient (Wildman–Crippen LogP) is 3.65. The third-order valence-corrected chi connectivity index (χ3v) is 2.99. The van der Waals surface area contributed by atoms with Gasteiger partial charge in [-0.3, -0.25) is 0 Å². The Balaban J connectivity index is 2.44. The highest BCUT2D eigenvalue weighted by Gasteiger charge is 2.10. The third-order valence-electron chi connectivity index (χ3n) is 2.99. The van der Waals surface area contributed by atoms with E-state index in [1.807, 2.05) is 12.1 Å². The molecule has 0 aliphatic rings. The van der Waals surface area contributed by atoms with Crippen molar-refractivity contribution in [3.05, 3.63) is 30.0 Å². The van der Waals surface area contributed by atoms with E-state index < -0.39 is 0 Å². The number of fused-ring (bicyclic) bond motifs is 1. The minimum atomic E-state index is 0.618. The molecule has 2 rings (SSSR count). The summed E-state index contributed by atoms with van der Waals surface area (Å²) < 4.78 is 0. The Labute approximate surface area is 90.5 Å². The highest BCUT2D eigenvalue weighted by Crippen LogP contribution is 2.29. The van der Waals surface area contributed by atoms with Crippen LogP contribution in [0.4, 0.5) is 5.69 Å². The summed E-state index contributed by atoms with van der Waals surface area (Å²) in [5, 5.41) is 1.31. The third kappa shape index (κ3) is 1.84. The molecule has 15 heavy (non-hydrogen) atoms. The zero-order valence-electron chi connectivity index (χ0n) is 9.38. The van der Waals surface area contributed by atoms with E-state index >= 15 is 0 Å². The van der Waals surface area contributed by atoms with Crippen molar-refractivity contribution in [2.24, 2.45) is 0 Å². The molecule has 1 atom stereocenters. The highest BCUT2D eigenvalue weighted by molar-refractivity contribution is 5.86. The zero-order chi connectivity index (χ0) is 10.8. The van der Waals surface area contributed by atoms with Gasteiger partial charge in [-0.15, -0.1) is 0 Å². The van der Waals surface area contributed by atoms with E-state index in [2.05, 4.69) is 31.1 Å². The normalized spacial score (nSPS) is 13.2. The lowest BCUT2D eigenvalue weighted by molar-refractivity contribution is 0.669. The number of hydrogen-bond donors (Lipinski definition) is 2. The summed E-state index contributed by atoms with van der Waals surface area (Å²) in [6, 6.07) is 6.08. The van der Waals surface area contributed by atoms with Crippen LogP contribution in [0.15, 0.2) is 24.4 Å². The van der Waals surface area contributed by atoms with Gasteiger partial charge < -0.3 is 10.7 Å². The molecule has 0 bridgehead atoms. The molecular formula is C13H18N2. The Morgan fingerprint density at radius 2 is 2.20 bits per heavy atom. The Hall–Kier alpha value is -1.44. The van der Waals surface area contributed by atoms with E-state index in [1.165, 1.54) is 23.8 Å². The Bertz CT molecular complexity index is 457. The number of aromatic amines is 1. The van der Waals surface area contributed by atoms with Crippen molar-refractivity contribution in [3.8, 4) is 0 Å². The molecule has 1 unspecified atom stereocenters. The van der Waals surface area contributed by atoms with Gasteiger partial charge in [0.05, 0.1) is 0 Å². The van der Waals surface area contributed by atoms with E-state index in [1.54, 1.807) is 0 Å². The second kappa shape index (κ2) is 3.97. The molecule has 0 aliphatic heterocycles. The summed E-state index contributed by atoms with van der Waals surface area (Å²) in [5.41, 5.74) is 9.12. The highest BCUT2D eigenvalue weighted by atomic mass is 14.7. The largest absolute Gasteiger partial charge is 0.399 e. The first-order valence-corrected chi connectivity index (χ1v) is 5.59. The molecule has 0 saturated heterocycles. The van der Waals surface area contributed by atoms with E-state index in [0.29, 0.717) is 5.92 Å². The van der Waals surface area contributed by atoms with Gasteiger partial charge in [0.1, 0.15) is 0 Å². The molecule has 0 spiro atoms. The average Bonchev–Trinajstić information content (AvgIpc) is 2.60. The van der Waals surface area contributed by atoms with Crippen LogP contribution in [-0.4, -0.2) is 4.98 Å². The van der Waals surface area contributed by atoms with Gasteiger partial charge in [-0.2, -0.15) is 0 Å². The molecule has 2 heteroatoms. The van der Waals surface area contributed by atoms with Crippen molar-refractivity contribution in [2.75, 3.05) is 5.73 Å². The maximum absolute atomic E-state index is 5.75. The Kier molecular flexibility index (Phi) is 2.67. The maximum atomic E-state index is 5.75. The number of benzene rings is 1. The fourth-order valence-electron chi connectivity index (χ4n) is 2.16. The SMILES string of the molecule is CCCC(C)c1c[nH]c2cc(N)ccc12. The van der Waals surface area contributed by atoms with Crippen LogP contribution in [0, 0.1) is 0 Å². The first kappa shape index (κ1) is 10.1. The molecule has 1 aromatic carbocycles. The van der Waals surface area contributed by atoms with E-state index in [9.17, 15) is 0 Å². The van der Waals surface area contributed by atoms with Crippen LogP contribution >= 0.6 is 0 Å². The lowest BCUT2D eigenvalue weighted by atomic mass is 9.96. The van der Waals surface area contributed by atoms with Gasteiger partial charge in [0, 0.05) is 22.8 Å². The number of nitrogens with one attached hydrogen (secondary N) is 1. The van der Waals surface area contributed by atoms with E-state index in [4.69, 9.17) is 5.73 Å². The van der Waals surface area contributed by atoms with Gasteiger partial charge in [0.15, 0.2) is 0 Å². The smallest absolute Gasteiger partial charge is 0.0477 e. The standard InChI is InChI=1S/C13H18N2/c1-3-4-9(2)12-8-15-13-7-10(14)5-6-11(12)13/h5-9,15H,3-4,14H2,1-2H3. The van der Waals surface area contributed by atoms with E-state index in [0.717, 1.165) is 11.2 Å². The summed E-state index contributed by atoms with van der Waals surface area (Å²) in [6.07, 6.45) is 4.57. The number of nitrogen functional groups attached to an aromatic ring is 1. The monoisotopic (exact) mass is 202 g/mol. The van der Waals surface area contributed by atoms with E-state index in [-0.39, 0.29) is 0 Å². The predicted molar refractivity (Wildman–Crippen MR) is 66.0 cm³/mol. The molecule has 0 aliphatic carbocycles. The molecule has 0 saturated carbocycles. The van der Waals surface area contributed by atoms with Crippen LogP contribution in [0.3, 0.4) is 0 Å². The number of nitrogens with two attached hydrogens (primary N) is 1. The molecule has 2 nitrogen and oxygen atoms in total. The Morgan fingerprint density at radius 1 is 1.40 bits per heavy atom. The van der Waals surface area contributed by atoms with Crippen LogP contribution in [0.1, 0.15) is 38.2 Å². The lowest BCUT2D eigenvalue weighted by Crippen LogP contribution is -1.91. The molecular weight excluding hydrogens is 184 g/mol. The van der Waals surface area contributed by atoms with Crippen molar-refractivity contribution in [3.63, 3.8) is 0 Å². The number of H-pyrrole nitrogens is 1. The summed E-state index contributed by atoms with van der Waals surface area (Å²) in [5.74, 6) is 0.618. The zero-order valence-corrected chi connectivity index (χ0v) is 9.38. The maximum Gasteiger partial charge on any atom is 0.0477 e. The summed E-state index contributed by atoms with van der Waals surface area (Å²) in [4.78, 5) is 3.29. The molecule has 3 N–H and O–H groups in total. The molecule has 0 radical (unpaired) electrons. The summed E-state index contributed by atoms with van der Waals surface area (Å²) >= 11 is 0. The van der Waals surface area contributed by atoms with Gasteiger partial charge >= 0.3 is 0 Å². The second-order valence-corrected chi connectivity index (χ2v) is 4.24. The van der Waals surface area contributed by atoms with Gasteiger partial charge in [0.2, 0.25) is 0 Å². The van der Waals surface area contributed by atoms with Crippen molar-refractivity contribution >= 4 is 16.6 Å². The molecule has 80 valence electrons. The van der Waals surface area contributed by atoms with Crippen LogP contribution < -0.4 is 5.73 Å². The van der Waals surface area contributed by atoms with Crippen molar-refractivity contribution in [1.82, 2.24) is 4.98 Å². The fraction of sp³-hybridized carbons (Fsp3) is 0.385. The fourth-order valence-corrected chi connectivity index (χ4v) is 2.16. The topological polar surface area (TPSA) is 41.8 Å². The number of rotatable bonds is 3. The van der Waals surface area contributed by atoms with Crippen molar-refractivity contribution in [2.45, 2.75) is 32.6 Å². The molecule has 2 aromatic rings. The summed E-state index contributed by atoms with van der Waals surface area (Å²) in [6.45, 7) is 4.51. The molecule has 1 heterocycles. The molecule has 0 amide bonds. The van der Waals surface area contributed by atoms with Gasteiger partial charge in [-0.05, 0) is 30.0 Å². The van der Waals surface area contributed by atoms with Gasteiger partial charge in [-0.1, -0.05) is 26.3 Å². The first-order valence-electron chi connectivity index (χ1n) is 5.59. The number of aromatic nitrogens is 1. The quantitative estimate of drug-likeness (QED) is 0.733. The van der Waals surface area contributed by atoms with Crippen molar-refractivity contribution in [1.29, 1.82) is 0 Å². The molecule has 1 aromatic heterocycles. The second-order valence-electron chi connectivity index (χ2n) is 4.24. The van der Waals surface area contributed by atoms with Crippen LogP contribution in [0.2, 0.25) is 0 Å². The van der Waals surface area contributed by atoms with Crippen LogP contribution in [-0.2, 0) is 0 Å². The number of hydrogen-bond acceptors (Lipinski definition) is 1. The average molecular weight is 202 g/mol. The molecule has 0 fully saturated rings. The van der Waals surface area contributed by atoms with Gasteiger partial charge in [0.25, 0.3) is 0 Å². The lowest BCUT2D eigenvalue weighted by Gasteiger charge is -2.08. The van der Waals surface area contributed by atoms with Crippen LogP contribution in [0.25, 0.3) is 10.9 Å². The van der Waals surface area contributed by atoms with Crippen LogP contribution in [0.5, 0.6) is 0 Å². The van der Waals surface area contributed by atoms with Crippen molar-refractivity contribution < 1.29 is 0 Å².